The van der Waals surface area contributed by atoms with Crippen LogP contribution in [-0.4, -0.2) is 27.4 Å². The van der Waals surface area contributed by atoms with Crippen LogP contribution in [0.4, 0.5) is 5.69 Å². The first kappa shape index (κ1) is 15.8. The van der Waals surface area contributed by atoms with Crippen LogP contribution in [0.15, 0.2) is 24.4 Å². The summed E-state index contributed by atoms with van der Waals surface area (Å²) in [7, 11) is 0. The van der Waals surface area contributed by atoms with Crippen LogP contribution >= 0.6 is 23.2 Å². The fourth-order valence-electron chi connectivity index (χ4n) is 1.69. The first-order valence-corrected chi connectivity index (χ1v) is 7.19. The molecule has 0 aliphatic carbocycles. The first-order chi connectivity index (χ1) is 10.1. The van der Waals surface area contributed by atoms with Crippen molar-refractivity contribution in [1.29, 1.82) is 0 Å². The highest BCUT2D eigenvalue weighted by Gasteiger charge is 2.11. The zero-order valence-electron chi connectivity index (χ0n) is 11.4. The predicted octanol–water partition coefficient (Wildman–Crippen LogP) is 2.33. The minimum absolute atomic E-state index is 0.0423. The smallest absolute Gasteiger partial charge is 0.246 e. The van der Waals surface area contributed by atoms with Crippen LogP contribution in [-0.2, 0) is 17.9 Å². The molecule has 0 aliphatic rings. The Morgan fingerprint density at radius 1 is 1.33 bits per heavy atom. The Bertz CT molecular complexity index is 609. The summed E-state index contributed by atoms with van der Waals surface area (Å²) in [6, 6.07) is 5.03. The van der Waals surface area contributed by atoms with Crippen LogP contribution in [0.1, 0.15) is 12.6 Å². The van der Waals surface area contributed by atoms with E-state index in [9.17, 15) is 4.79 Å². The van der Waals surface area contributed by atoms with Gasteiger partial charge in [0.2, 0.25) is 5.91 Å². The van der Waals surface area contributed by atoms with Crippen molar-refractivity contribution in [2.45, 2.75) is 20.0 Å². The Balaban J connectivity index is 1.97. The third-order valence-electron chi connectivity index (χ3n) is 2.68. The molecule has 0 saturated carbocycles. The average molecular weight is 328 g/mol. The second-order valence-electron chi connectivity index (χ2n) is 4.33. The van der Waals surface area contributed by atoms with Gasteiger partial charge in [-0.05, 0) is 18.7 Å². The fourth-order valence-corrected chi connectivity index (χ4v) is 2.19. The third-order valence-corrected chi connectivity index (χ3v) is 3.30. The number of hydrogen-bond acceptors (Lipinski definition) is 4. The van der Waals surface area contributed by atoms with E-state index in [2.05, 4.69) is 20.9 Å². The van der Waals surface area contributed by atoms with Gasteiger partial charge in [-0.15, -0.1) is 5.10 Å². The lowest BCUT2D eigenvalue weighted by molar-refractivity contribution is -0.116. The number of para-hydroxylation sites is 1. The van der Waals surface area contributed by atoms with E-state index in [1.165, 1.54) is 4.68 Å². The van der Waals surface area contributed by atoms with Gasteiger partial charge in [0.25, 0.3) is 0 Å². The molecule has 0 fully saturated rings. The molecule has 0 saturated heterocycles. The normalized spacial score (nSPS) is 10.6. The Morgan fingerprint density at radius 2 is 2.05 bits per heavy atom. The van der Waals surface area contributed by atoms with Crippen LogP contribution in [0.2, 0.25) is 10.0 Å². The van der Waals surface area contributed by atoms with E-state index in [-0.39, 0.29) is 12.5 Å². The van der Waals surface area contributed by atoms with Gasteiger partial charge in [-0.2, -0.15) is 0 Å². The molecule has 2 N–H and O–H groups in total. The minimum Gasteiger partial charge on any atom is -0.322 e. The maximum absolute atomic E-state index is 12.0. The summed E-state index contributed by atoms with van der Waals surface area (Å²) >= 11 is 12.0. The monoisotopic (exact) mass is 327 g/mol. The molecule has 6 nitrogen and oxygen atoms in total. The van der Waals surface area contributed by atoms with Crippen molar-refractivity contribution >= 4 is 34.8 Å². The van der Waals surface area contributed by atoms with Crippen molar-refractivity contribution in [2.75, 3.05) is 11.9 Å². The average Bonchev–Trinajstić information content (AvgIpc) is 2.88. The molecule has 0 unspecified atom stereocenters. The Kier molecular flexibility index (Phi) is 5.55. The standard InChI is InChI=1S/C13H15Cl2N5O/c1-2-16-6-9-7-20(19-18-9)8-12(21)17-13-10(14)4-3-5-11(13)15/h3-5,7,16H,2,6,8H2,1H3,(H,17,21). The van der Waals surface area contributed by atoms with E-state index in [4.69, 9.17) is 23.2 Å². The maximum Gasteiger partial charge on any atom is 0.246 e. The molecule has 0 spiro atoms. The molecule has 8 heteroatoms. The number of nitrogens with zero attached hydrogens (tertiary/aromatic N) is 3. The van der Waals surface area contributed by atoms with Gasteiger partial charge < -0.3 is 10.6 Å². The lowest BCUT2D eigenvalue weighted by atomic mass is 10.3. The summed E-state index contributed by atoms with van der Waals surface area (Å²) in [6.45, 7) is 3.51. The van der Waals surface area contributed by atoms with E-state index in [1.807, 2.05) is 6.92 Å². The topological polar surface area (TPSA) is 71.8 Å². The van der Waals surface area contributed by atoms with Crippen molar-refractivity contribution < 1.29 is 4.79 Å². The highest BCUT2D eigenvalue weighted by atomic mass is 35.5. The summed E-state index contributed by atoms with van der Waals surface area (Å²) < 4.78 is 1.47. The molecule has 0 radical (unpaired) electrons. The molecule has 2 rings (SSSR count). The van der Waals surface area contributed by atoms with Gasteiger partial charge in [0.15, 0.2) is 0 Å². The second-order valence-corrected chi connectivity index (χ2v) is 5.15. The number of anilines is 1. The summed E-state index contributed by atoms with van der Waals surface area (Å²) in [5, 5.41) is 14.5. The number of nitrogens with one attached hydrogen (secondary N) is 2. The van der Waals surface area contributed by atoms with Crippen molar-refractivity contribution in [1.82, 2.24) is 20.3 Å². The number of halogens is 2. The molecular formula is C13H15Cl2N5O. The van der Waals surface area contributed by atoms with Gasteiger partial charge in [0.1, 0.15) is 6.54 Å². The molecule has 0 bridgehead atoms. The Hall–Kier alpha value is -1.63. The number of hydrogen-bond donors (Lipinski definition) is 2. The predicted molar refractivity (Wildman–Crippen MR) is 82.5 cm³/mol. The number of aromatic nitrogens is 3. The van der Waals surface area contributed by atoms with Crippen LogP contribution in [0, 0.1) is 0 Å². The zero-order chi connectivity index (χ0) is 15.2. The van der Waals surface area contributed by atoms with Crippen LogP contribution in [0.5, 0.6) is 0 Å². The van der Waals surface area contributed by atoms with E-state index < -0.39 is 0 Å². The zero-order valence-corrected chi connectivity index (χ0v) is 12.9. The Morgan fingerprint density at radius 3 is 2.71 bits per heavy atom. The van der Waals surface area contributed by atoms with E-state index in [0.717, 1.165) is 12.2 Å². The number of rotatable bonds is 6. The highest BCUT2D eigenvalue weighted by Crippen LogP contribution is 2.29. The fraction of sp³-hybridized carbons (Fsp3) is 0.308. The van der Waals surface area contributed by atoms with Crippen molar-refractivity contribution in [3.8, 4) is 0 Å². The van der Waals surface area contributed by atoms with Crippen LogP contribution in [0.3, 0.4) is 0 Å². The Labute approximate surface area is 132 Å². The summed E-state index contributed by atoms with van der Waals surface area (Å²) in [6.07, 6.45) is 1.72. The molecule has 0 atom stereocenters. The van der Waals surface area contributed by atoms with Gasteiger partial charge in [-0.25, -0.2) is 4.68 Å². The number of benzene rings is 1. The largest absolute Gasteiger partial charge is 0.322 e. The van der Waals surface area contributed by atoms with E-state index in [0.29, 0.717) is 22.3 Å². The lowest BCUT2D eigenvalue weighted by Gasteiger charge is -2.08. The number of carbonyl (C=O) groups is 1. The lowest BCUT2D eigenvalue weighted by Crippen LogP contribution is -2.19. The highest BCUT2D eigenvalue weighted by molar-refractivity contribution is 6.39. The first-order valence-electron chi connectivity index (χ1n) is 6.43. The van der Waals surface area contributed by atoms with Crippen LogP contribution < -0.4 is 10.6 Å². The van der Waals surface area contributed by atoms with Crippen molar-refractivity contribution in [2.24, 2.45) is 0 Å². The second kappa shape index (κ2) is 7.40. The quantitative estimate of drug-likeness (QED) is 0.854. The van der Waals surface area contributed by atoms with Crippen molar-refractivity contribution in [3.63, 3.8) is 0 Å². The van der Waals surface area contributed by atoms with Crippen LogP contribution in [0.25, 0.3) is 0 Å². The molecule has 0 aliphatic heterocycles. The van der Waals surface area contributed by atoms with Gasteiger partial charge in [-0.1, -0.05) is 41.4 Å². The van der Waals surface area contributed by atoms with Gasteiger partial charge >= 0.3 is 0 Å². The molecule has 2 aromatic rings. The van der Waals surface area contributed by atoms with Gasteiger partial charge in [0.05, 0.1) is 27.6 Å². The molecule has 112 valence electrons. The molecule has 1 aromatic carbocycles. The molecule has 21 heavy (non-hydrogen) atoms. The number of amides is 1. The molecule has 1 aromatic heterocycles. The van der Waals surface area contributed by atoms with Gasteiger partial charge in [0, 0.05) is 6.54 Å². The molecule has 1 heterocycles. The summed E-state index contributed by atoms with van der Waals surface area (Å²) in [5.41, 5.74) is 1.18. The molecular weight excluding hydrogens is 313 g/mol. The summed E-state index contributed by atoms with van der Waals surface area (Å²) in [5.74, 6) is -0.273. The molecule has 1 amide bonds. The third kappa shape index (κ3) is 4.42. The SMILES string of the molecule is CCNCc1cn(CC(=O)Nc2c(Cl)cccc2Cl)nn1. The number of carbonyl (C=O) groups excluding carboxylic acids is 1. The van der Waals surface area contributed by atoms with E-state index >= 15 is 0 Å². The minimum atomic E-state index is -0.273. The maximum atomic E-state index is 12.0. The van der Waals surface area contributed by atoms with Gasteiger partial charge in [-0.3, -0.25) is 4.79 Å². The van der Waals surface area contributed by atoms with E-state index in [1.54, 1.807) is 24.4 Å². The summed E-state index contributed by atoms with van der Waals surface area (Å²) in [4.78, 5) is 12.0. The van der Waals surface area contributed by atoms with Crippen molar-refractivity contribution in [3.05, 3.63) is 40.1 Å².